The highest BCUT2D eigenvalue weighted by molar-refractivity contribution is 5.78. The van der Waals surface area contributed by atoms with Gasteiger partial charge in [-0.15, -0.1) is 0 Å². The van der Waals surface area contributed by atoms with Crippen LogP contribution in [0, 0.1) is 0 Å². The maximum Gasteiger partial charge on any atom is 0.327 e. The van der Waals surface area contributed by atoms with E-state index in [2.05, 4.69) is 11.6 Å². The van der Waals surface area contributed by atoms with Gasteiger partial charge in [0.15, 0.2) is 0 Å². The molecule has 110 valence electrons. The van der Waals surface area contributed by atoms with E-state index in [1.165, 1.54) is 0 Å². The van der Waals surface area contributed by atoms with Crippen molar-refractivity contribution < 1.29 is 14.3 Å². The van der Waals surface area contributed by atoms with Crippen LogP contribution < -0.4 is 0 Å². The van der Waals surface area contributed by atoms with Crippen LogP contribution in [0.2, 0.25) is 0 Å². The minimum atomic E-state index is -0.981. The van der Waals surface area contributed by atoms with Gasteiger partial charge in [0, 0.05) is 17.2 Å². The monoisotopic (exact) mass is 293 g/mol. The summed E-state index contributed by atoms with van der Waals surface area (Å²) < 4.78 is 5.49. The average Bonchev–Trinajstić information content (AvgIpc) is 3.07. The molecule has 0 radical (unpaired) electrons. The summed E-state index contributed by atoms with van der Waals surface area (Å²) in [6.07, 6.45) is 2.53. The molecule has 22 heavy (non-hydrogen) atoms. The zero-order chi connectivity index (χ0) is 15.8. The molecule has 0 unspecified atom stereocenters. The number of aromatic nitrogens is 1. The maximum atomic E-state index is 9.25. The Morgan fingerprint density at radius 1 is 1.00 bits per heavy atom. The molecule has 0 saturated carbocycles. The molecular weight excluding hydrogens is 278 g/mol. The van der Waals surface area contributed by atoms with Crippen LogP contribution in [-0.4, -0.2) is 16.1 Å². The lowest BCUT2D eigenvalue weighted by atomic mass is 10.2. The van der Waals surface area contributed by atoms with E-state index in [0.717, 1.165) is 22.9 Å². The lowest BCUT2D eigenvalue weighted by molar-refractivity contribution is -0.131. The van der Waals surface area contributed by atoms with E-state index in [0.29, 0.717) is 5.89 Å². The fraction of sp³-hybridized carbons (Fsp3) is 0. The van der Waals surface area contributed by atoms with E-state index in [1.54, 1.807) is 6.26 Å². The van der Waals surface area contributed by atoms with Crippen LogP contribution in [0.3, 0.4) is 0 Å². The number of carbonyl (C=O) groups is 1. The van der Waals surface area contributed by atoms with Gasteiger partial charge in [0.25, 0.3) is 0 Å². The Morgan fingerprint density at radius 3 is 2.00 bits per heavy atom. The Hall–Kier alpha value is -3.14. The Morgan fingerprint density at radius 2 is 1.50 bits per heavy atom. The van der Waals surface area contributed by atoms with Gasteiger partial charge in [-0.1, -0.05) is 55.1 Å². The first kappa shape index (κ1) is 15.3. The number of benzene rings is 2. The quantitative estimate of drug-likeness (QED) is 0.733. The molecule has 0 aliphatic heterocycles. The lowest BCUT2D eigenvalue weighted by Crippen LogP contribution is -1.82. The summed E-state index contributed by atoms with van der Waals surface area (Å²) in [4.78, 5) is 13.7. The summed E-state index contributed by atoms with van der Waals surface area (Å²) in [6.45, 7) is 2.96. The van der Waals surface area contributed by atoms with Gasteiger partial charge in [-0.2, -0.15) is 0 Å². The summed E-state index contributed by atoms with van der Waals surface area (Å²) >= 11 is 0. The number of carboxylic acid groups (broad SMARTS) is 1. The SMILES string of the molecule is C=CC(=O)O.c1ccc(-c2coc(-c3ccccc3)n2)cc1. The third kappa shape index (κ3) is 4.18. The van der Waals surface area contributed by atoms with Crippen molar-refractivity contribution in [1.29, 1.82) is 0 Å². The molecule has 4 heteroatoms. The maximum absolute atomic E-state index is 9.25. The molecular formula is C18H15NO3. The highest BCUT2D eigenvalue weighted by Crippen LogP contribution is 2.23. The van der Waals surface area contributed by atoms with Crippen molar-refractivity contribution >= 4 is 5.97 Å². The molecule has 0 spiro atoms. The Kier molecular flexibility index (Phi) is 5.26. The van der Waals surface area contributed by atoms with Crippen LogP contribution in [0.15, 0.2) is 84.0 Å². The van der Waals surface area contributed by atoms with E-state index in [1.807, 2.05) is 60.7 Å². The van der Waals surface area contributed by atoms with Gasteiger partial charge in [0.1, 0.15) is 12.0 Å². The number of hydrogen-bond donors (Lipinski definition) is 1. The molecule has 1 aromatic heterocycles. The number of nitrogens with zero attached hydrogens (tertiary/aromatic N) is 1. The van der Waals surface area contributed by atoms with E-state index < -0.39 is 5.97 Å². The molecule has 0 aliphatic rings. The van der Waals surface area contributed by atoms with Crippen LogP contribution in [0.4, 0.5) is 0 Å². The van der Waals surface area contributed by atoms with Gasteiger partial charge in [0.05, 0.1) is 0 Å². The van der Waals surface area contributed by atoms with Crippen LogP contribution in [0.5, 0.6) is 0 Å². The third-order valence-electron chi connectivity index (χ3n) is 2.77. The summed E-state index contributed by atoms with van der Waals surface area (Å²) in [7, 11) is 0. The highest BCUT2D eigenvalue weighted by Gasteiger charge is 2.06. The van der Waals surface area contributed by atoms with Crippen molar-refractivity contribution in [3.05, 3.63) is 79.6 Å². The zero-order valence-corrected chi connectivity index (χ0v) is 11.8. The molecule has 3 aromatic rings. The molecule has 0 amide bonds. The van der Waals surface area contributed by atoms with Crippen molar-refractivity contribution in [1.82, 2.24) is 4.98 Å². The van der Waals surface area contributed by atoms with Crippen molar-refractivity contribution in [2.24, 2.45) is 0 Å². The molecule has 1 N–H and O–H groups in total. The standard InChI is InChI=1S/C15H11NO.C3H4O2/c1-3-7-12(8-4-1)14-11-17-15(16-14)13-9-5-2-6-10-13;1-2-3(4)5/h1-11H;2H,1H2,(H,4,5). The van der Waals surface area contributed by atoms with Crippen LogP contribution in [-0.2, 0) is 4.79 Å². The summed E-state index contributed by atoms with van der Waals surface area (Å²) in [5.74, 6) is -0.325. The number of hydrogen-bond acceptors (Lipinski definition) is 3. The summed E-state index contributed by atoms with van der Waals surface area (Å²) in [5, 5.41) is 7.60. The van der Waals surface area contributed by atoms with E-state index in [-0.39, 0.29) is 0 Å². The zero-order valence-electron chi connectivity index (χ0n) is 11.8. The number of aliphatic carboxylic acids is 1. The fourth-order valence-corrected chi connectivity index (χ4v) is 1.73. The molecule has 0 aliphatic carbocycles. The number of rotatable bonds is 3. The minimum Gasteiger partial charge on any atom is -0.478 e. The van der Waals surface area contributed by atoms with E-state index in [4.69, 9.17) is 9.52 Å². The van der Waals surface area contributed by atoms with Gasteiger partial charge in [0.2, 0.25) is 5.89 Å². The molecule has 2 aromatic carbocycles. The molecule has 1 heterocycles. The Bertz CT molecular complexity index is 679. The number of oxazole rings is 1. The average molecular weight is 293 g/mol. The molecule has 0 atom stereocenters. The second-order valence-corrected chi connectivity index (χ2v) is 4.31. The topological polar surface area (TPSA) is 63.3 Å². The molecule has 4 nitrogen and oxygen atoms in total. The first-order chi connectivity index (χ1) is 10.7. The summed E-state index contributed by atoms with van der Waals surface area (Å²) in [6, 6.07) is 19.9. The molecule has 0 bridgehead atoms. The predicted molar refractivity (Wildman–Crippen MR) is 85.2 cm³/mol. The Balaban J connectivity index is 0.000000309. The van der Waals surface area contributed by atoms with Crippen LogP contribution in [0.1, 0.15) is 0 Å². The second kappa shape index (κ2) is 7.59. The first-order valence-electron chi connectivity index (χ1n) is 6.62. The van der Waals surface area contributed by atoms with Gasteiger partial charge >= 0.3 is 5.97 Å². The van der Waals surface area contributed by atoms with Gasteiger partial charge in [-0.3, -0.25) is 0 Å². The lowest BCUT2D eigenvalue weighted by Gasteiger charge is -1.93. The molecule has 3 rings (SSSR count). The van der Waals surface area contributed by atoms with Crippen LogP contribution >= 0.6 is 0 Å². The highest BCUT2D eigenvalue weighted by atomic mass is 16.4. The fourth-order valence-electron chi connectivity index (χ4n) is 1.73. The van der Waals surface area contributed by atoms with Crippen molar-refractivity contribution in [2.75, 3.05) is 0 Å². The predicted octanol–water partition coefficient (Wildman–Crippen LogP) is 4.27. The summed E-state index contributed by atoms with van der Waals surface area (Å²) in [5.41, 5.74) is 2.93. The van der Waals surface area contributed by atoms with Gasteiger partial charge in [-0.25, -0.2) is 9.78 Å². The number of carboxylic acids is 1. The van der Waals surface area contributed by atoms with Crippen molar-refractivity contribution in [2.45, 2.75) is 0 Å². The second-order valence-electron chi connectivity index (χ2n) is 4.31. The third-order valence-corrected chi connectivity index (χ3v) is 2.77. The largest absolute Gasteiger partial charge is 0.478 e. The van der Waals surface area contributed by atoms with Crippen LogP contribution in [0.25, 0.3) is 22.7 Å². The van der Waals surface area contributed by atoms with E-state index >= 15 is 0 Å². The molecule has 0 fully saturated rings. The van der Waals surface area contributed by atoms with Gasteiger partial charge in [-0.05, 0) is 12.1 Å². The smallest absolute Gasteiger partial charge is 0.327 e. The van der Waals surface area contributed by atoms with E-state index in [9.17, 15) is 4.79 Å². The normalized spacial score (nSPS) is 9.45. The first-order valence-corrected chi connectivity index (χ1v) is 6.62. The molecule has 0 saturated heterocycles. The minimum absolute atomic E-state index is 0.657. The van der Waals surface area contributed by atoms with Crippen molar-refractivity contribution in [3.8, 4) is 22.7 Å². The van der Waals surface area contributed by atoms with Gasteiger partial charge < -0.3 is 9.52 Å². The van der Waals surface area contributed by atoms with Crippen molar-refractivity contribution in [3.63, 3.8) is 0 Å². The Labute approximate surface area is 128 Å².